The first-order valence-electron chi connectivity index (χ1n) is 5.49. The van der Waals surface area contributed by atoms with E-state index in [0.29, 0.717) is 0 Å². The number of alkyl halides is 2. The third-order valence-electron chi connectivity index (χ3n) is 2.16. The van der Waals surface area contributed by atoms with Crippen LogP contribution in [0.15, 0.2) is 0 Å². The molecular formula is C10H14Cl2O9. The summed E-state index contributed by atoms with van der Waals surface area (Å²) in [6, 6.07) is 0. The molecule has 21 heavy (non-hydrogen) atoms. The highest BCUT2D eigenvalue weighted by Gasteiger charge is 2.40. The molecule has 11 heteroatoms. The van der Waals surface area contributed by atoms with E-state index in [0.717, 1.165) is 0 Å². The smallest absolute Gasteiger partial charge is 0.358 e. The molecule has 0 aliphatic carbocycles. The van der Waals surface area contributed by atoms with Gasteiger partial charge >= 0.3 is 17.9 Å². The number of rotatable bonds is 8. The van der Waals surface area contributed by atoms with Crippen LogP contribution in [0.25, 0.3) is 0 Å². The molecule has 0 unspecified atom stereocenters. The summed E-state index contributed by atoms with van der Waals surface area (Å²) in [7, 11) is 0. The van der Waals surface area contributed by atoms with E-state index in [9.17, 15) is 29.7 Å². The van der Waals surface area contributed by atoms with Crippen LogP contribution in [0.1, 0.15) is 0 Å². The molecule has 0 bridgehead atoms. The van der Waals surface area contributed by atoms with Crippen LogP contribution in [-0.2, 0) is 23.9 Å². The minimum Gasteiger partial charge on any atom is -0.446 e. The quantitative estimate of drug-likeness (QED) is 0.212. The van der Waals surface area contributed by atoms with Gasteiger partial charge in [0.2, 0.25) is 6.10 Å². The Hall–Kier alpha value is -0.970. The zero-order valence-corrected chi connectivity index (χ0v) is 12.0. The number of ether oxygens (including phenoxy) is 2. The van der Waals surface area contributed by atoms with Gasteiger partial charge in [-0.2, -0.15) is 0 Å². The Morgan fingerprint density at radius 1 is 0.952 bits per heavy atom. The second kappa shape index (κ2) is 9.87. The van der Waals surface area contributed by atoms with E-state index in [1.54, 1.807) is 0 Å². The van der Waals surface area contributed by atoms with E-state index in [4.69, 9.17) is 28.3 Å². The molecule has 0 aromatic rings. The summed E-state index contributed by atoms with van der Waals surface area (Å²) in [5.41, 5.74) is 0. The number of aliphatic hydroxyl groups excluding tert-OH is 4. The van der Waals surface area contributed by atoms with Gasteiger partial charge in [-0.3, -0.25) is 9.59 Å². The van der Waals surface area contributed by atoms with Crippen LogP contribution >= 0.6 is 23.2 Å². The minimum atomic E-state index is -2.17. The van der Waals surface area contributed by atoms with Crippen molar-refractivity contribution >= 4 is 41.1 Å². The fraction of sp³-hybridized carbons (Fsp3) is 0.700. The predicted molar refractivity (Wildman–Crippen MR) is 67.5 cm³/mol. The average molecular weight is 349 g/mol. The van der Waals surface area contributed by atoms with Crippen molar-refractivity contribution in [3.8, 4) is 0 Å². The molecule has 4 N–H and O–H groups in total. The number of halogens is 2. The van der Waals surface area contributed by atoms with Crippen LogP contribution in [-0.4, -0.2) is 81.1 Å². The molecule has 122 valence electrons. The number of hydrogen-bond acceptors (Lipinski definition) is 9. The predicted octanol–water partition coefficient (Wildman–Crippen LogP) is -2.48. The Kier molecular flexibility index (Phi) is 9.42. The maximum atomic E-state index is 11.6. The first-order valence-corrected chi connectivity index (χ1v) is 6.56. The van der Waals surface area contributed by atoms with E-state index in [1.165, 1.54) is 0 Å². The van der Waals surface area contributed by atoms with Crippen LogP contribution < -0.4 is 0 Å². The highest BCUT2D eigenvalue weighted by Crippen LogP contribution is 2.11. The number of hydrogen-bond donors (Lipinski definition) is 4. The molecule has 0 rings (SSSR count). The van der Waals surface area contributed by atoms with Crippen molar-refractivity contribution in [1.29, 1.82) is 0 Å². The molecule has 0 saturated heterocycles. The minimum absolute atomic E-state index is 0.681. The average Bonchev–Trinajstić information content (AvgIpc) is 2.49. The summed E-state index contributed by atoms with van der Waals surface area (Å²) in [5.74, 6) is -5.21. The largest absolute Gasteiger partial charge is 0.446 e. The van der Waals surface area contributed by atoms with Crippen LogP contribution in [0, 0.1) is 0 Å². The van der Waals surface area contributed by atoms with Crippen LogP contribution in [0.5, 0.6) is 0 Å². The summed E-state index contributed by atoms with van der Waals surface area (Å²) >= 11 is 10.3. The standard InChI is InChI=1S/C10H14Cl2O9/c11-1-5(15)20-9(10(19)21-6(16)2-12)8(18)7(17)4(14)3-13/h4,7-9,13-14,17-18H,1-3H2/t4-,7-,8+,9-/m1/s1. The molecule has 0 aliphatic heterocycles. The molecule has 0 heterocycles. The SMILES string of the molecule is O=C(CCl)OC(=O)[C@H](OC(=O)CCl)[C@@H](O)[C@H](O)[C@H](O)CO. The molecule has 0 saturated carbocycles. The second-order valence-electron chi connectivity index (χ2n) is 3.70. The Morgan fingerprint density at radius 2 is 1.48 bits per heavy atom. The van der Waals surface area contributed by atoms with Gasteiger partial charge in [0.1, 0.15) is 30.1 Å². The van der Waals surface area contributed by atoms with E-state index in [1.807, 2.05) is 0 Å². The second-order valence-corrected chi connectivity index (χ2v) is 4.24. The molecule has 0 aromatic heterocycles. The maximum Gasteiger partial charge on any atom is 0.358 e. The molecular weight excluding hydrogens is 335 g/mol. The van der Waals surface area contributed by atoms with E-state index in [2.05, 4.69) is 9.47 Å². The lowest BCUT2D eigenvalue weighted by Crippen LogP contribution is -2.51. The lowest BCUT2D eigenvalue weighted by molar-refractivity contribution is -0.187. The summed E-state index contributed by atoms with van der Waals surface area (Å²) in [6.45, 7) is -0.940. The van der Waals surface area contributed by atoms with Gasteiger partial charge in [0.25, 0.3) is 0 Å². The molecule has 4 atom stereocenters. The summed E-state index contributed by atoms with van der Waals surface area (Å²) in [5, 5.41) is 37.0. The summed E-state index contributed by atoms with van der Waals surface area (Å²) in [6.07, 6.45) is -8.19. The molecule has 0 aliphatic rings. The highest BCUT2D eigenvalue weighted by atomic mass is 35.5. The normalized spacial score (nSPS) is 16.5. The molecule has 0 aromatic carbocycles. The van der Waals surface area contributed by atoms with Crippen LogP contribution in [0.3, 0.4) is 0 Å². The van der Waals surface area contributed by atoms with Crippen molar-refractivity contribution in [2.24, 2.45) is 0 Å². The highest BCUT2D eigenvalue weighted by molar-refractivity contribution is 6.27. The fourth-order valence-corrected chi connectivity index (χ4v) is 1.26. The van der Waals surface area contributed by atoms with Gasteiger partial charge < -0.3 is 29.9 Å². The van der Waals surface area contributed by atoms with Crippen LogP contribution in [0.2, 0.25) is 0 Å². The number of carbonyl (C=O) groups excluding carboxylic acids is 3. The van der Waals surface area contributed by atoms with Crippen molar-refractivity contribution in [3.63, 3.8) is 0 Å². The Morgan fingerprint density at radius 3 is 1.90 bits per heavy atom. The lowest BCUT2D eigenvalue weighted by atomic mass is 10.0. The fourth-order valence-electron chi connectivity index (χ4n) is 1.14. The van der Waals surface area contributed by atoms with E-state index >= 15 is 0 Å². The molecule has 9 nitrogen and oxygen atoms in total. The van der Waals surface area contributed by atoms with Gasteiger partial charge in [0.05, 0.1) is 6.61 Å². The van der Waals surface area contributed by atoms with Gasteiger partial charge in [-0.15, -0.1) is 23.2 Å². The Bertz CT molecular complexity index is 376. The molecule has 0 spiro atoms. The van der Waals surface area contributed by atoms with Crippen molar-refractivity contribution in [3.05, 3.63) is 0 Å². The molecule has 0 fully saturated rings. The number of carbonyl (C=O) groups is 3. The van der Waals surface area contributed by atoms with Gasteiger partial charge in [-0.25, -0.2) is 4.79 Å². The third-order valence-corrected chi connectivity index (χ3v) is 2.60. The summed E-state index contributed by atoms with van der Waals surface area (Å²) in [4.78, 5) is 33.5. The maximum absolute atomic E-state index is 11.6. The van der Waals surface area contributed by atoms with Gasteiger partial charge in [-0.05, 0) is 0 Å². The molecule has 0 radical (unpaired) electrons. The van der Waals surface area contributed by atoms with Crippen molar-refractivity contribution in [2.45, 2.75) is 24.4 Å². The monoisotopic (exact) mass is 348 g/mol. The Labute approximate surface area is 129 Å². The van der Waals surface area contributed by atoms with Crippen molar-refractivity contribution in [1.82, 2.24) is 0 Å². The van der Waals surface area contributed by atoms with Crippen molar-refractivity contribution < 1.29 is 44.3 Å². The zero-order chi connectivity index (χ0) is 16.6. The Balaban J connectivity index is 5.07. The van der Waals surface area contributed by atoms with Gasteiger partial charge in [0.15, 0.2) is 0 Å². The number of esters is 3. The molecule has 0 amide bonds. The van der Waals surface area contributed by atoms with E-state index < -0.39 is 60.7 Å². The zero-order valence-electron chi connectivity index (χ0n) is 10.5. The first-order chi connectivity index (χ1) is 9.78. The van der Waals surface area contributed by atoms with Crippen LogP contribution in [0.4, 0.5) is 0 Å². The topological polar surface area (TPSA) is 151 Å². The van der Waals surface area contributed by atoms with Crippen molar-refractivity contribution in [2.75, 3.05) is 18.4 Å². The summed E-state index contributed by atoms with van der Waals surface area (Å²) < 4.78 is 8.59. The third kappa shape index (κ3) is 6.55. The van der Waals surface area contributed by atoms with Gasteiger partial charge in [-0.1, -0.05) is 0 Å². The van der Waals surface area contributed by atoms with E-state index in [-0.39, 0.29) is 0 Å². The van der Waals surface area contributed by atoms with Gasteiger partial charge in [0, 0.05) is 0 Å². The number of aliphatic hydroxyl groups is 4. The lowest BCUT2D eigenvalue weighted by Gasteiger charge is -2.26. The first kappa shape index (κ1) is 20.0.